The van der Waals surface area contributed by atoms with Crippen LogP contribution in [0.2, 0.25) is 0 Å². The normalized spacial score (nSPS) is 35.2. The minimum Gasteiger partial charge on any atom is -0.481 e. The van der Waals surface area contributed by atoms with Gasteiger partial charge in [-0.05, 0) is 43.4 Å². The van der Waals surface area contributed by atoms with Gasteiger partial charge in [0.25, 0.3) is 0 Å². The summed E-state index contributed by atoms with van der Waals surface area (Å²) in [6, 6.07) is 0.177. The maximum absolute atomic E-state index is 12.5. The Hall–Kier alpha value is -1.32. The highest BCUT2D eigenvalue weighted by atomic mass is 16.4. The van der Waals surface area contributed by atoms with Gasteiger partial charge >= 0.3 is 5.97 Å². The molecule has 0 aliphatic heterocycles. The largest absolute Gasteiger partial charge is 0.481 e. The van der Waals surface area contributed by atoms with Crippen LogP contribution in [0.5, 0.6) is 0 Å². The van der Waals surface area contributed by atoms with Crippen molar-refractivity contribution in [1.82, 2.24) is 5.32 Å². The summed E-state index contributed by atoms with van der Waals surface area (Å²) in [5, 5.41) is 12.4. The predicted octanol–water partition coefficient (Wildman–Crippen LogP) is 2.98. The van der Waals surface area contributed by atoms with Gasteiger partial charge in [-0.1, -0.05) is 32.9 Å². The van der Waals surface area contributed by atoms with E-state index in [1.165, 1.54) is 6.42 Å². The number of allylic oxidation sites excluding steroid dienone is 2. The van der Waals surface area contributed by atoms with E-state index in [1.807, 2.05) is 12.2 Å². The first-order valence-corrected chi connectivity index (χ1v) is 7.96. The van der Waals surface area contributed by atoms with E-state index in [9.17, 15) is 14.7 Å². The van der Waals surface area contributed by atoms with Crippen molar-refractivity contribution in [1.29, 1.82) is 0 Å². The lowest BCUT2D eigenvalue weighted by atomic mass is 9.70. The lowest BCUT2D eigenvalue weighted by Gasteiger charge is -2.40. The van der Waals surface area contributed by atoms with E-state index in [2.05, 4.69) is 26.1 Å². The molecule has 0 saturated heterocycles. The lowest BCUT2D eigenvalue weighted by Crippen LogP contribution is -2.47. The minimum absolute atomic E-state index is 0.0818. The molecule has 4 nitrogen and oxygen atoms in total. The zero-order valence-corrected chi connectivity index (χ0v) is 13.3. The highest BCUT2D eigenvalue weighted by Gasteiger charge is 2.37. The van der Waals surface area contributed by atoms with E-state index < -0.39 is 17.8 Å². The predicted molar refractivity (Wildman–Crippen MR) is 81.7 cm³/mol. The number of rotatable bonds is 3. The Bertz CT molecular complexity index is 441. The molecule has 2 aliphatic carbocycles. The fourth-order valence-electron chi connectivity index (χ4n) is 4.14. The summed E-state index contributed by atoms with van der Waals surface area (Å²) in [6.45, 7) is 6.71. The topological polar surface area (TPSA) is 66.4 Å². The van der Waals surface area contributed by atoms with Crippen molar-refractivity contribution in [3.63, 3.8) is 0 Å². The van der Waals surface area contributed by atoms with Crippen molar-refractivity contribution in [3.8, 4) is 0 Å². The second-order valence-corrected chi connectivity index (χ2v) is 7.61. The molecule has 2 aliphatic rings. The number of carbonyl (C=O) groups is 2. The van der Waals surface area contributed by atoms with Crippen LogP contribution in [0.15, 0.2) is 12.2 Å². The van der Waals surface area contributed by atoms with Crippen molar-refractivity contribution in [2.75, 3.05) is 0 Å². The maximum atomic E-state index is 12.5. The van der Waals surface area contributed by atoms with Crippen LogP contribution in [0.1, 0.15) is 52.9 Å². The molecule has 4 heteroatoms. The highest BCUT2D eigenvalue weighted by Crippen LogP contribution is 2.38. The molecule has 0 bridgehead atoms. The molecule has 4 atom stereocenters. The van der Waals surface area contributed by atoms with E-state index >= 15 is 0 Å². The van der Waals surface area contributed by atoms with Crippen LogP contribution in [0.25, 0.3) is 0 Å². The standard InChI is InChI=1S/C17H27NO3/c1-11-8-12(10-17(2,3)9-11)18-15(19)13-6-4-5-7-14(13)16(20)21/h4-5,11-14H,6-10H2,1-3H3,(H,18,19)(H,20,21)/t11-,12+,13+,14-/m1/s1. The van der Waals surface area contributed by atoms with Gasteiger partial charge in [0.1, 0.15) is 0 Å². The van der Waals surface area contributed by atoms with Crippen molar-refractivity contribution in [2.45, 2.75) is 58.9 Å². The van der Waals surface area contributed by atoms with Crippen molar-refractivity contribution < 1.29 is 14.7 Å². The molecular weight excluding hydrogens is 266 g/mol. The third-order valence-corrected chi connectivity index (χ3v) is 4.82. The molecule has 2 rings (SSSR count). The van der Waals surface area contributed by atoms with E-state index in [1.54, 1.807) is 0 Å². The van der Waals surface area contributed by atoms with Gasteiger partial charge in [0, 0.05) is 6.04 Å². The van der Waals surface area contributed by atoms with Gasteiger partial charge in [-0.2, -0.15) is 0 Å². The number of carbonyl (C=O) groups excluding carboxylic acids is 1. The highest BCUT2D eigenvalue weighted by molar-refractivity contribution is 5.85. The molecule has 118 valence electrons. The number of hydrogen-bond donors (Lipinski definition) is 2. The zero-order valence-electron chi connectivity index (χ0n) is 13.3. The first-order chi connectivity index (χ1) is 9.78. The second kappa shape index (κ2) is 6.20. The van der Waals surface area contributed by atoms with E-state index in [4.69, 9.17) is 0 Å². The Labute approximate surface area is 127 Å². The van der Waals surface area contributed by atoms with E-state index in [0.29, 0.717) is 18.8 Å². The molecule has 0 aromatic rings. The second-order valence-electron chi connectivity index (χ2n) is 7.61. The number of nitrogens with one attached hydrogen (secondary N) is 1. The summed E-state index contributed by atoms with van der Waals surface area (Å²) in [6.07, 6.45) is 7.95. The number of carboxylic acids is 1. The van der Waals surface area contributed by atoms with Crippen LogP contribution >= 0.6 is 0 Å². The first-order valence-electron chi connectivity index (χ1n) is 7.96. The minimum atomic E-state index is -0.864. The number of amides is 1. The molecule has 1 amide bonds. The summed E-state index contributed by atoms with van der Waals surface area (Å²) in [5.41, 5.74) is 0.244. The Balaban J connectivity index is 2.00. The molecule has 0 heterocycles. The summed E-state index contributed by atoms with van der Waals surface area (Å²) >= 11 is 0. The molecule has 0 spiro atoms. The quantitative estimate of drug-likeness (QED) is 0.786. The zero-order chi connectivity index (χ0) is 15.6. The van der Waals surface area contributed by atoms with Crippen LogP contribution in [0.4, 0.5) is 0 Å². The third-order valence-electron chi connectivity index (χ3n) is 4.82. The van der Waals surface area contributed by atoms with Gasteiger partial charge < -0.3 is 10.4 Å². The van der Waals surface area contributed by atoms with Gasteiger partial charge in [0.2, 0.25) is 5.91 Å². The van der Waals surface area contributed by atoms with Gasteiger partial charge in [-0.15, -0.1) is 0 Å². The van der Waals surface area contributed by atoms with Gasteiger partial charge in [-0.25, -0.2) is 0 Å². The molecule has 2 N–H and O–H groups in total. The first kappa shape index (κ1) is 16.1. The number of carboxylic acid groups (broad SMARTS) is 1. The molecule has 0 aromatic heterocycles. The summed E-state index contributed by atoms with van der Waals surface area (Å²) < 4.78 is 0. The molecule has 1 saturated carbocycles. The van der Waals surface area contributed by atoms with Gasteiger partial charge in [0.15, 0.2) is 0 Å². The van der Waals surface area contributed by atoms with E-state index in [-0.39, 0.29) is 17.4 Å². The smallest absolute Gasteiger partial charge is 0.307 e. The molecule has 1 fully saturated rings. The Morgan fingerprint density at radius 1 is 1.14 bits per heavy atom. The van der Waals surface area contributed by atoms with Gasteiger partial charge in [0.05, 0.1) is 11.8 Å². The van der Waals surface area contributed by atoms with Gasteiger partial charge in [-0.3, -0.25) is 9.59 Å². The maximum Gasteiger partial charge on any atom is 0.307 e. The average molecular weight is 293 g/mol. The molecular formula is C17H27NO3. The van der Waals surface area contributed by atoms with Crippen LogP contribution < -0.4 is 5.32 Å². The number of aliphatic carboxylic acids is 1. The summed E-state index contributed by atoms with van der Waals surface area (Å²) in [4.78, 5) is 23.8. The Kier molecular flexibility index (Phi) is 4.74. The number of hydrogen-bond acceptors (Lipinski definition) is 2. The van der Waals surface area contributed by atoms with Crippen LogP contribution in [0, 0.1) is 23.2 Å². The van der Waals surface area contributed by atoms with Crippen molar-refractivity contribution in [2.24, 2.45) is 23.2 Å². The monoisotopic (exact) mass is 293 g/mol. The molecule has 21 heavy (non-hydrogen) atoms. The van der Waals surface area contributed by atoms with Crippen molar-refractivity contribution >= 4 is 11.9 Å². The Morgan fingerprint density at radius 3 is 2.33 bits per heavy atom. The molecule has 0 unspecified atom stereocenters. The van der Waals surface area contributed by atoms with E-state index in [0.717, 1.165) is 12.8 Å². The van der Waals surface area contributed by atoms with Crippen molar-refractivity contribution in [3.05, 3.63) is 12.2 Å². The Morgan fingerprint density at radius 2 is 1.76 bits per heavy atom. The fraction of sp³-hybridized carbons (Fsp3) is 0.765. The molecule has 0 aromatic carbocycles. The summed E-state index contributed by atoms with van der Waals surface area (Å²) in [5.74, 6) is -1.35. The van der Waals surface area contributed by atoms with Crippen LogP contribution in [0.3, 0.4) is 0 Å². The SMILES string of the molecule is C[C@@H]1C[C@H](NC(=O)[C@H]2CC=CC[C@H]2C(=O)O)CC(C)(C)C1. The lowest BCUT2D eigenvalue weighted by molar-refractivity contribution is -0.147. The van der Waals surface area contributed by atoms with Crippen LogP contribution in [-0.4, -0.2) is 23.0 Å². The third kappa shape index (κ3) is 4.08. The van der Waals surface area contributed by atoms with Crippen LogP contribution in [-0.2, 0) is 9.59 Å². The summed E-state index contributed by atoms with van der Waals surface area (Å²) in [7, 11) is 0. The fourth-order valence-corrected chi connectivity index (χ4v) is 4.14. The average Bonchev–Trinajstić information content (AvgIpc) is 2.36. The molecule has 0 radical (unpaired) electrons.